The lowest BCUT2D eigenvalue weighted by Crippen LogP contribution is -2.21. The van der Waals surface area contributed by atoms with Crippen molar-refractivity contribution >= 4 is 16.8 Å². The number of allylic oxidation sites excluding steroid dienone is 5. The maximum atomic E-state index is 6.01. The Kier molecular flexibility index (Phi) is 1.89. The molecule has 12 heavy (non-hydrogen) atoms. The van der Waals surface area contributed by atoms with Crippen LogP contribution in [0.15, 0.2) is 41.1 Å². The standard InChI is InChI=1S/C10H10ClN/c1-7-3-2-4-8-5-6-12-10(11)9(7)8/h2-7,9H,1H3. The smallest absolute Gasteiger partial charge is 0.114 e. The number of nitrogens with zero attached hydrogens (tertiary/aromatic N) is 1. The Morgan fingerprint density at radius 1 is 1.50 bits per heavy atom. The number of rotatable bonds is 0. The topological polar surface area (TPSA) is 12.4 Å². The van der Waals surface area contributed by atoms with Gasteiger partial charge < -0.3 is 0 Å². The van der Waals surface area contributed by atoms with E-state index >= 15 is 0 Å². The first-order chi connectivity index (χ1) is 5.79. The Labute approximate surface area is 77.1 Å². The third kappa shape index (κ3) is 1.14. The molecule has 0 fully saturated rings. The van der Waals surface area contributed by atoms with E-state index in [4.69, 9.17) is 11.6 Å². The summed E-state index contributed by atoms with van der Waals surface area (Å²) in [5.74, 6) is 0.757. The van der Waals surface area contributed by atoms with Crippen LogP contribution >= 0.6 is 11.6 Å². The maximum absolute atomic E-state index is 6.01. The summed E-state index contributed by atoms with van der Waals surface area (Å²) in [5, 5.41) is 0.709. The van der Waals surface area contributed by atoms with E-state index in [1.807, 2.05) is 6.08 Å². The molecule has 0 saturated heterocycles. The normalized spacial score (nSPS) is 32.5. The van der Waals surface area contributed by atoms with Gasteiger partial charge in [-0.1, -0.05) is 36.8 Å². The fourth-order valence-corrected chi connectivity index (χ4v) is 2.03. The summed E-state index contributed by atoms with van der Waals surface area (Å²) in [6.45, 7) is 2.16. The molecule has 0 aromatic rings. The summed E-state index contributed by atoms with van der Waals surface area (Å²) in [5.41, 5.74) is 1.27. The van der Waals surface area contributed by atoms with Gasteiger partial charge >= 0.3 is 0 Å². The average Bonchev–Trinajstić information content (AvgIpc) is 2.04. The number of halogens is 1. The molecule has 62 valence electrons. The number of hydrogen-bond acceptors (Lipinski definition) is 1. The molecule has 1 aliphatic heterocycles. The molecular weight excluding hydrogens is 170 g/mol. The Bertz CT molecular complexity index is 310. The van der Waals surface area contributed by atoms with Gasteiger partial charge in [-0.15, -0.1) is 0 Å². The van der Waals surface area contributed by atoms with E-state index < -0.39 is 0 Å². The lowest BCUT2D eigenvalue weighted by molar-refractivity contribution is 0.618. The van der Waals surface area contributed by atoms with Crippen molar-refractivity contribution in [2.24, 2.45) is 16.8 Å². The fraction of sp³-hybridized carbons (Fsp3) is 0.300. The van der Waals surface area contributed by atoms with E-state index in [0.717, 1.165) is 0 Å². The van der Waals surface area contributed by atoms with Gasteiger partial charge in [-0.25, -0.2) is 4.99 Å². The van der Waals surface area contributed by atoms with E-state index in [-0.39, 0.29) is 0 Å². The van der Waals surface area contributed by atoms with Crippen molar-refractivity contribution in [3.63, 3.8) is 0 Å². The summed E-state index contributed by atoms with van der Waals surface area (Å²) in [7, 11) is 0. The molecule has 0 aromatic carbocycles. The Morgan fingerprint density at radius 2 is 2.33 bits per heavy atom. The fourth-order valence-electron chi connectivity index (χ4n) is 1.65. The Hall–Kier alpha value is -0.820. The van der Waals surface area contributed by atoms with Crippen molar-refractivity contribution < 1.29 is 0 Å². The zero-order valence-corrected chi connectivity index (χ0v) is 7.62. The maximum Gasteiger partial charge on any atom is 0.114 e. The zero-order valence-electron chi connectivity index (χ0n) is 6.87. The van der Waals surface area contributed by atoms with Gasteiger partial charge in [0, 0.05) is 12.1 Å². The largest absolute Gasteiger partial charge is 0.248 e. The highest BCUT2D eigenvalue weighted by Gasteiger charge is 2.25. The van der Waals surface area contributed by atoms with Crippen molar-refractivity contribution in [2.45, 2.75) is 6.92 Å². The van der Waals surface area contributed by atoms with Crippen LogP contribution in [0.5, 0.6) is 0 Å². The summed E-state index contributed by atoms with van der Waals surface area (Å²) >= 11 is 6.01. The van der Waals surface area contributed by atoms with Crippen molar-refractivity contribution in [3.05, 3.63) is 36.1 Å². The predicted octanol–water partition coefficient (Wildman–Crippen LogP) is 2.90. The van der Waals surface area contributed by atoms with Gasteiger partial charge in [0.2, 0.25) is 0 Å². The summed E-state index contributed by atoms with van der Waals surface area (Å²) < 4.78 is 0. The lowest BCUT2D eigenvalue weighted by atomic mass is 9.83. The molecule has 0 amide bonds. The highest BCUT2D eigenvalue weighted by atomic mass is 35.5. The molecule has 2 atom stereocenters. The second-order valence-electron chi connectivity index (χ2n) is 3.16. The van der Waals surface area contributed by atoms with E-state index in [9.17, 15) is 0 Å². The summed E-state index contributed by atoms with van der Waals surface area (Å²) in [6.07, 6.45) is 10.1. The minimum Gasteiger partial charge on any atom is -0.248 e. The van der Waals surface area contributed by atoms with E-state index in [0.29, 0.717) is 17.0 Å². The van der Waals surface area contributed by atoms with E-state index in [1.165, 1.54) is 5.57 Å². The third-order valence-electron chi connectivity index (χ3n) is 2.31. The highest BCUT2D eigenvalue weighted by Crippen LogP contribution is 2.31. The molecule has 2 rings (SSSR count). The monoisotopic (exact) mass is 179 g/mol. The van der Waals surface area contributed by atoms with E-state index in [1.54, 1.807) is 6.20 Å². The lowest BCUT2D eigenvalue weighted by Gasteiger charge is -2.25. The summed E-state index contributed by atoms with van der Waals surface area (Å²) in [6, 6.07) is 0. The van der Waals surface area contributed by atoms with Crippen LogP contribution in [-0.2, 0) is 0 Å². The van der Waals surface area contributed by atoms with Crippen molar-refractivity contribution in [2.75, 3.05) is 0 Å². The molecular formula is C10H10ClN. The average molecular weight is 180 g/mol. The van der Waals surface area contributed by atoms with Gasteiger partial charge in [-0.05, 0) is 17.6 Å². The second kappa shape index (κ2) is 2.91. The van der Waals surface area contributed by atoms with Crippen molar-refractivity contribution in [3.8, 4) is 0 Å². The van der Waals surface area contributed by atoms with Crippen LogP contribution in [0, 0.1) is 11.8 Å². The second-order valence-corrected chi connectivity index (χ2v) is 3.54. The molecule has 0 saturated carbocycles. The molecule has 2 aliphatic rings. The summed E-state index contributed by atoms with van der Waals surface area (Å²) in [4.78, 5) is 4.09. The van der Waals surface area contributed by atoms with Crippen LogP contribution in [0.2, 0.25) is 0 Å². The van der Waals surface area contributed by atoms with Crippen molar-refractivity contribution in [1.82, 2.24) is 0 Å². The van der Waals surface area contributed by atoms with Gasteiger partial charge in [0.05, 0.1) is 0 Å². The van der Waals surface area contributed by atoms with Crippen LogP contribution in [0.1, 0.15) is 6.92 Å². The molecule has 0 spiro atoms. The first-order valence-electron chi connectivity index (χ1n) is 4.07. The molecule has 0 bridgehead atoms. The van der Waals surface area contributed by atoms with E-state index in [2.05, 4.69) is 30.1 Å². The highest BCUT2D eigenvalue weighted by molar-refractivity contribution is 6.66. The van der Waals surface area contributed by atoms with Gasteiger partial charge in [0.15, 0.2) is 0 Å². The molecule has 2 unspecified atom stereocenters. The number of aliphatic imine (C=N–C) groups is 1. The van der Waals surface area contributed by atoms with Crippen LogP contribution in [0.4, 0.5) is 0 Å². The molecule has 0 aromatic heterocycles. The molecule has 2 heteroatoms. The van der Waals surface area contributed by atoms with Crippen molar-refractivity contribution in [1.29, 1.82) is 0 Å². The van der Waals surface area contributed by atoms with Crippen LogP contribution in [-0.4, -0.2) is 5.17 Å². The molecule has 0 radical (unpaired) electrons. The Morgan fingerprint density at radius 3 is 3.08 bits per heavy atom. The zero-order chi connectivity index (χ0) is 8.55. The minimum absolute atomic E-state index is 0.293. The van der Waals surface area contributed by atoms with Gasteiger partial charge in [0.1, 0.15) is 5.17 Å². The quantitative estimate of drug-likeness (QED) is 0.542. The number of hydrogen-bond donors (Lipinski definition) is 0. The molecule has 1 heterocycles. The Balaban J connectivity index is 2.40. The number of fused-ring (bicyclic) bond motifs is 1. The first-order valence-corrected chi connectivity index (χ1v) is 4.45. The third-order valence-corrected chi connectivity index (χ3v) is 2.64. The van der Waals surface area contributed by atoms with Crippen LogP contribution in [0.25, 0.3) is 0 Å². The molecule has 0 N–H and O–H groups in total. The van der Waals surface area contributed by atoms with Gasteiger partial charge in [-0.2, -0.15) is 0 Å². The molecule has 1 aliphatic carbocycles. The molecule has 1 nitrogen and oxygen atoms in total. The van der Waals surface area contributed by atoms with Crippen LogP contribution in [0.3, 0.4) is 0 Å². The van der Waals surface area contributed by atoms with Crippen LogP contribution < -0.4 is 0 Å². The van der Waals surface area contributed by atoms with Gasteiger partial charge in [0.25, 0.3) is 0 Å². The van der Waals surface area contributed by atoms with Gasteiger partial charge in [-0.3, -0.25) is 0 Å². The SMILES string of the molecule is CC1C=CC=C2C=CN=C(Cl)C21. The minimum atomic E-state index is 0.293. The predicted molar refractivity (Wildman–Crippen MR) is 52.3 cm³/mol. The first kappa shape index (κ1) is 7.81.